The minimum absolute atomic E-state index is 0.0530. The van der Waals surface area contributed by atoms with Crippen LogP contribution in [0, 0.1) is 0 Å². The fraction of sp³-hybridized carbons (Fsp3) is 0.286. The normalized spacial score (nSPS) is 12.2. The molecule has 0 fully saturated rings. The van der Waals surface area contributed by atoms with Crippen molar-refractivity contribution in [2.24, 2.45) is 4.99 Å². The summed E-state index contributed by atoms with van der Waals surface area (Å²) < 4.78 is 37.2. The third kappa shape index (κ3) is 5.76. The first-order chi connectivity index (χ1) is 15.2. The molecule has 32 heavy (non-hydrogen) atoms. The molecule has 0 spiro atoms. The largest absolute Gasteiger partial charge is 0.497 e. The molecule has 0 aliphatic rings. The molecule has 3 rings (SSSR count). The highest BCUT2D eigenvalue weighted by Crippen LogP contribution is 2.23. The predicted octanol–water partition coefficient (Wildman–Crippen LogP) is 3.22. The SMILES string of the molecule is COC(=O)Cn1c(=NC(=O)CCCS(=O)(=O)c2ccc(Cl)cc2)sc2cc(OC)ccc21. The summed E-state index contributed by atoms with van der Waals surface area (Å²) >= 11 is 7.02. The van der Waals surface area contributed by atoms with Crippen LogP contribution in [0.1, 0.15) is 12.8 Å². The number of sulfone groups is 1. The Morgan fingerprint density at radius 3 is 2.50 bits per heavy atom. The van der Waals surface area contributed by atoms with Crippen molar-refractivity contribution < 1.29 is 27.5 Å². The maximum atomic E-state index is 12.5. The number of hydrogen-bond acceptors (Lipinski definition) is 7. The molecule has 2 aromatic carbocycles. The van der Waals surface area contributed by atoms with Gasteiger partial charge in [0.1, 0.15) is 12.3 Å². The van der Waals surface area contributed by atoms with Gasteiger partial charge in [-0.1, -0.05) is 22.9 Å². The molecule has 0 radical (unpaired) electrons. The number of ether oxygens (including phenoxy) is 2. The molecule has 3 aromatic rings. The molecule has 0 saturated carbocycles. The van der Waals surface area contributed by atoms with Crippen LogP contribution in [0.2, 0.25) is 5.02 Å². The van der Waals surface area contributed by atoms with E-state index in [2.05, 4.69) is 4.99 Å². The average Bonchev–Trinajstić information content (AvgIpc) is 3.09. The van der Waals surface area contributed by atoms with E-state index in [1.807, 2.05) is 0 Å². The summed E-state index contributed by atoms with van der Waals surface area (Å²) in [5, 5.41) is 0.444. The van der Waals surface area contributed by atoms with Gasteiger partial charge >= 0.3 is 5.97 Å². The van der Waals surface area contributed by atoms with Gasteiger partial charge < -0.3 is 14.0 Å². The molecule has 170 valence electrons. The molecule has 0 N–H and O–H groups in total. The highest BCUT2D eigenvalue weighted by Gasteiger charge is 2.16. The zero-order valence-corrected chi connectivity index (χ0v) is 19.8. The van der Waals surface area contributed by atoms with Crippen molar-refractivity contribution in [1.29, 1.82) is 0 Å². The van der Waals surface area contributed by atoms with Gasteiger partial charge in [0.25, 0.3) is 0 Å². The molecule has 1 aromatic heterocycles. The molecule has 0 atom stereocenters. The molecule has 0 bridgehead atoms. The number of amides is 1. The van der Waals surface area contributed by atoms with E-state index in [4.69, 9.17) is 21.1 Å². The number of nitrogens with zero attached hydrogens (tertiary/aromatic N) is 2. The molecule has 1 amide bonds. The highest BCUT2D eigenvalue weighted by atomic mass is 35.5. The van der Waals surface area contributed by atoms with Gasteiger partial charge in [0.05, 0.1) is 35.1 Å². The number of methoxy groups -OCH3 is 2. The Hall–Kier alpha value is -2.69. The zero-order valence-electron chi connectivity index (χ0n) is 17.4. The van der Waals surface area contributed by atoms with Gasteiger partial charge in [-0.05, 0) is 48.9 Å². The average molecular weight is 497 g/mol. The quantitative estimate of drug-likeness (QED) is 0.443. The lowest BCUT2D eigenvalue weighted by Crippen LogP contribution is -2.22. The van der Waals surface area contributed by atoms with E-state index in [0.29, 0.717) is 21.1 Å². The smallest absolute Gasteiger partial charge is 0.325 e. The summed E-state index contributed by atoms with van der Waals surface area (Å²) in [6.45, 7) is -0.111. The number of fused-ring (bicyclic) bond motifs is 1. The van der Waals surface area contributed by atoms with Gasteiger partial charge in [-0.15, -0.1) is 0 Å². The summed E-state index contributed by atoms with van der Waals surface area (Å²) in [5.41, 5.74) is 0.707. The fourth-order valence-corrected chi connectivity index (χ4v) is 5.46. The van der Waals surface area contributed by atoms with E-state index >= 15 is 0 Å². The summed E-state index contributed by atoms with van der Waals surface area (Å²) in [5.74, 6) is -0.520. The maximum Gasteiger partial charge on any atom is 0.325 e. The zero-order chi connectivity index (χ0) is 23.3. The number of hydrogen-bond donors (Lipinski definition) is 0. The first kappa shape index (κ1) is 24.0. The van der Waals surface area contributed by atoms with Crippen molar-refractivity contribution in [2.75, 3.05) is 20.0 Å². The molecule has 1 heterocycles. The van der Waals surface area contributed by atoms with Crippen LogP contribution in [0.15, 0.2) is 52.4 Å². The van der Waals surface area contributed by atoms with Crippen LogP contribution in [0.25, 0.3) is 10.2 Å². The van der Waals surface area contributed by atoms with Crippen molar-refractivity contribution in [1.82, 2.24) is 4.57 Å². The second-order valence-corrected chi connectivity index (χ2v) is 10.3. The van der Waals surface area contributed by atoms with E-state index in [1.54, 1.807) is 29.9 Å². The molecule has 0 aliphatic carbocycles. The fourth-order valence-electron chi connectivity index (χ4n) is 2.95. The van der Waals surface area contributed by atoms with E-state index in [9.17, 15) is 18.0 Å². The Labute approximate surface area is 194 Å². The second kappa shape index (κ2) is 10.3. The Morgan fingerprint density at radius 1 is 1.12 bits per heavy atom. The van der Waals surface area contributed by atoms with E-state index in [0.717, 1.165) is 4.70 Å². The van der Waals surface area contributed by atoms with Crippen LogP contribution >= 0.6 is 22.9 Å². The number of rotatable bonds is 8. The van der Waals surface area contributed by atoms with Gasteiger partial charge in [0, 0.05) is 11.4 Å². The summed E-state index contributed by atoms with van der Waals surface area (Å²) in [4.78, 5) is 28.9. The lowest BCUT2D eigenvalue weighted by molar-refractivity contribution is -0.141. The van der Waals surface area contributed by atoms with E-state index < -0.39 is 21.7 Å². The summed E-state index contributed by atoms with van der Waals surface area (Å²) in [6, 6.07) is 11.2. The van der Waals surface area contributed by atoms with Crippen LogP contribution in [0.3, 0.4) is 0 Å². The number of aromatic nitrogens is 1. The van der Waals surface area contributed by atoms with Gasteiger partial charge in [0.2, 0.25) is 5.91 Å². The first-order valence-corrected chi connectivity index (χ1v) is 12.4. The number of esters is 1. The second-order valence-electron chi connectivity index (χ2n) is 6.76. The molecule has 11 heteroatoms. The van der Waals surface area contributed by atoms with Crippen LogP contribution in [-0.4, -0.2) is 44.8 Å². The van der Waals surface area contributed by atoms with Crippen molar-refractivity contribution in [3.8, 4) is 5.75 Å². The molecule has 8 nitrogen and oxygen atoms in total. The van der Waals surface area contributed by atoms with Gasteiger partial charge in [-0.3, -0.25) is 9.59 Å². The summed E-state index contributed by atoms with van der Waals surface area (Å²) in [6.07, 6.45) is 0.0611. The third-order valence-corrected chi connectivity index (χ3v) is 7.71. The minimum Gasteiger partial charge on any atom is -0.497 e. The van der Waals surface area contributed by atoms with Crippen molar-refractivity contribution in [2.45, 2.75) is 24.3 Å². The van der Waals surface area contributed by atoms with Crippen LogP contribution < -0.4 is 9.54 Å². The Morgan fingerprint density at radius 2 is 1.84 bits per heavy atom. The maximum absolute atomic E-state index is 12.5. The number of carbonyl (C=O) groups is 2. The number of carbonyl (C=O) groups excluding carboxylic acids is 2. The molecule has 0 unspecified atom stereocenters. The summed E-state index contributed by atoms with van der Waals surface area (Å²) in [7, 11) is -0.704. The topological polar surface area (TPSA) is 104 Å². The van der Waals surface area contributed by atoms with Crippen LogP contribution in [0.5, 0.6) is 5.75 Å². The third-order valence-electron chi connectivity index (χ3n) is 4.60. The van der Waals surface area contributed by atoms with Crippen molar-refractivity contribution in [3.05, 3.63) is 52.3 Å². The highest BCUT2D eigenvalue weighted by molar-refractivity contribution is 7.91. The van der Waals surface area contributed by atoms with Gasteiger partial charge in [-0.25, -0.2) is 8.42 Å². The Bertz CT molecular complexity index is 1310. The van der Waals surface area contributed by atoms with E-state index in [1.165, 1.54) is 42.7 Å². The van der Waals surface area contributed by atoms with Crippen LogP contribution in [-0.2, 0) is 30.7 Å². The lowest BCUT2D eigenvalue weighted by Gasteiger charge is -2.05. The van der Waals surface area contributed by atoms with E-state index in [-0.39, 0.29) is 30.0 Å². The molecule has 0 saturated heterocycles. The van der Waals surface area contributed by atoms with Crippen LogP contribution in [0.4, 0.5) is 0 Å². The number of thiazole rings is 1. The van der Waals surface area contributed by atoms with Gasteiger partial charge in [0.15, 0.2) is 14.6 Å². The first-order valence-electron chi connectivity index (χ1n) is 9.53. The molecular weight excluding hydrogens is 476 g/mol. The Balaban J connectivity index is 1.79. The lowest BCUT2D eigenvalue weighted by atomic mass is 10.3. The molecular formula is C21H21ClN2O6S2. The standard InChI is InChI=1S/C21H21ClN2O6S2/c1-29-15-7-10-17-18(12-15)31-21(24(17)13-20(26)30-2)23-19(25)4-3-11-32(27,28)16-8-5-14(22)6-9-16/h5-10,12H,3-4,11,13H2,1-2H3. The monoisotopic (exact) mass is 496 g/mol. The molecule has 0 aliphatic heterocycles. The van der Waals surface area contributed by atoms with Gasteiger partial charge in [-0.2, -0.15) is 4.99 Å². The van der Waals surface area contributed by atoms with Crippen molar-refractivity contribution >= 4 is 54.9 Å². The van der Waals surface area contributed by atoms with Crippen molar-refractivity contribution in [3.63, 3.8) is 0 Å². The minimum atomic E-state index is -3.53. The predicted molar refractivity (Wildman–Crippen MR) is 122 cm³/mol. The number of benzene rings is 2. The number of halogens is 1. The Kier molecular flexibility index (Phi) is 7.70.